The highest BCUT2D eigenvalue weighted by Gasteiger charge is 2.35. The van der Waals surface area contributed by atoms with Gasteiger partial charge >= 0.3 is 0 Å². The maximum atomic E-state index is 13.2. The number of ether oxygens (including phenoxy) is 2. The van der Waals surface area contributed by atoms with Crippen LogP contribution in [0.1, 0.15) is 12.0 Å². The summed E-state index contributed by atoms with van der Waals surface area (Å²) in [5, 5.41) is 3.25. The van der Waals surface area contributed by atoms with E-state index in [9.17, 15) is 9.59 Å². The van der Waals surface area contributed by atoms with Gasteiger partial charge in [0.05, 0.1) is 19.9 Å². The van der Waals surface area contributed by atoms with Crippen LogP contribution in [0.2, 0.25) is 5.02 Å². The lowest BCUT2D eigenvalue weighted by Crippen LogP contribution is -2.46. The second-order valence-corrected chi connectivity index (χ2v) is 9.63. The van der Waals surface area contributed by atoms with Crippen LogP contribution in [0, 0.1) is 0 Å². The molecule has 1 fully saturated rings. The molecule has 186 valence electrons. The smallest absolute Gasteiger partial charge is 0.238 e. The third kappa shape index (κ3) is 6.38. The lowest BCUT2D eigenvalue weighted by Gasteiger charge is -2.32. The van der Waals surface area contributed by atoms with Crippen LogP contribution in [-0.4, -0.2) is 47.9 Å². The third-order valence-electron chi connectivity index (χ3n) is 5.58. The summed E-state index contributed by atoms with van der Waals surface area (Å²) in [6.07, 6.45) is 0.649. The summed E-state index contributed by atoms with van der Waals surface area (Å²) in [7, 11) is 3.18. The van der Waals surface area contributed by atoms with Crippen molar-refractivity contribution in [1.29, 1.82) is 0 Å². The van der Waals surface area contributed by atoms with E-state index < -0.39 is 5.25 Å². The van der Waals surface area contributed by atoms with E-state index in [0.29, 0.717) is 46.0 Å². The highest BCUT2D eigenvalue weighted by Crippen LogP contribution is 2.31. The van der Waals surface area contributed by atoms with Crippen molar-refractivity contribution in [2.75, 3.05) is 26.1 Å². The number of carbonyl (C=O) groups excluding carboxylic acids is 2. The molecule has 3 aromatic carbocycles. The number of hydrogen-bond donors (Lipinski definition) is 1. The lowest BCUT2D eigenvalue weighted by molar-refractivity contribution is -0.129. The van der Waals surface area contributed by atoms with Crippen LogP contribution in [0.4, 0.5) is 11.4 Å². The monoisotopic (exact) mass is 523 g/mol. The fourth-order valence-electron chi connectivity index (χ4n) is 3.74. The summed E-state index contributed by atoms with van der Waals surface area (Å²) in [6.45, 7) is 0.412. The highest BCUT2D eigenvalue weighted by molar-refractivity contribution is 8.15. The molecule has 0 spiro atoms. The zero-order valence-electron chi connectivity index (χ0n) is 19.9. The molecular formula is C27H26ClN3O4S. The Labute approximate surface area is 219 Å². The average Bonchev–Trinajstić information content (AvgIpc) is 2.88. The number of methoxy groups -OCH3 is 2. The van der Waals surface area contributed by atoms with Crippen molar-refractivity contribution in [1.82, 2.24) is 4.90 Å². The second kappa shape index (κ2) is 12.0. The first-order chi connectivity index (χ1) is 17.5. The number of amides is 2. The molecule has 1 heterocycles. The molecule has 3 aromatic rings. The van der Waals surface area contributed by atoms with E-state index in [4.69, 9.17) is 26.1 Å². The molecule has 36 heavy (non-hydrogen) atoms. The number of amidine groups is 1. The summed E-state index contributed by atoms with van der Waals surface area (Å²) in [6, 6.07) is 22.0. The minimum Gasteiger partial charge on any atom is -0.493 e. The summed E-state index contributed by atoms with van der Waals surface area (Å²) in [5.41, 5.74) is 2.28. The number of halogens is 1. The number of rotatable bonds is 8. The van der Waals surface area contributed by atoms with Crippen molar-refractivity contribution in [3.05, 3.63) is 83.4 Å². The van der Waals surface area contributed by atoms with Crippen LogP contribution in [0.3, 0.4) is 0 Å². The van der Waals surface area contributed by atoms with Crippen LogP contribution in [0.5, 0.6) is 11.5 Å². The van der Waals surface area contributed by atoms with E-state index >= 15 is 0 Å². The molecule has 1 N–H and O–H groups in total. The van der Waals surface area contributed by atoms with Gasteiger partial charge in [-0.1, -0.05) is 53.7 Å². The van der Waals surface area contributed by atoms with E-state index in [-0.39, 0.29) is 18.2 Å². The van der Waals surface area contributed by atoms with Gasteiger partial charge in [-0.2, -0.15) is 0 Å². The van der Waals surface area contributed by atoms with Gasteiger partial charge in [0.1, 0.15) is 5.25 Å². The highest BCUT2D eigenvalue weighted by atomic mass is 35.5. The lowest BCUT2D eigenvalue weighted by atomic mass is 10.1. The topological polar surface area (TPSA) is 80.2 Å². The van der Waals surface area contributed by atoms with Gasteiger partial charge in [-0.05, 0) is 54.4 Å². The molecule has 9 heteroatoms. The molecule has 0 unspecified atom stereocenters. The molecule has 7 nitrogen and oxygen atoms in total. The molecule has 1 saturated heterocycles. The maximum absolute atomic E-state index is 13.2. The summed E-state index contributed by atoms with van der Waals surface area (Å²) in [5.74, 6) is 0.849. The second-order valence-electron chi connectivity index (χ2n) is 8.02. The number of aliphatic imine (C=N–C) groups is 1. The SMILES string of the molecule is COc1ccc(CCN2C(=O)C[C@H](C(=O)Nc3cccc(Cl)c3)SC2=Nc2ccccc2)cc1OC. The number of thioether (sulfide) groups is 1. The Kier molecular flexibility index (Phi) is 8.51. The zero-order valence-corrected chi connectivity index (χ0v) is 21.5. The zero-order chi connectivity index (χ0) is 25.5. The van der Waals surface area contributed by atoms with Gasteiger partial charge in [0.2, 0.25) is 11.8 Å². The van der Waals surface area contributed by atoms with Gasteiger partial charge in [0, 0.05) is 23.7 Å². The van der Waals surface area contributed by atoms with Gasteiger partial charge in [0.15, 0.2) is 16.7 Å². The van der Waals surface area contributed by atoms with Gasteiger partial charge in [0.25, 0.3) is 0 Å². The molecule has 2 amide bonds. The van der Waals surface area contributed by atoms with Crippen LogP contribution in [0.15, 0.2) is 77.8 Å². The Morgan fingerprint density at radius 2 is 1.83 bits per heavy atom. The normalized spacial score (nSPS) is 16.6. The molecule has 0 saturated carbocycles. The summed E-state index contributed by atoms with van der Waals surface area (Å²) < 4.78 is 10.7. The van der Waals surface area contributed by atoms with Gasteiger partial charge in [-0.25, -0.2) is 4.99 Å². The summed E-state index contributed by atoms with van der Waals surface area (Å²) >= 11 is 7.32. The Bertz CT molecular complexity index is 1270. The van der Waals surface area contributed by atoms with E-state index in [0.717, 1.165) is 5.56 Å². The minimum absolute atomic E-state index is 0.0663. The fourth-order valence-corrected chi connectivity index (χ4v) is 5.06. The molecular weight excluding hydrogens is 498 g/mol. The predicted octanol–water partition coefficient (Wildman–Crippen LogP) is 5.56. The van der Waals surface area contributed by atoms with Gasteiger partial charge in [-0.15, -0.1) is 0 Å². The van der Waals surface area contributed by atoms with Crippen LogP contribution in [-0.2, 0) is 16.0 Å². The Hall–Kier alpha value is -3.49. The first-order valence-corrected chi connectivity index (χ1v) is 12.6. The number of anilines is 1. The number of nitrogens with one attached hydrogen (secondary N) is 1. The third-order valence-corrected chi connectivity index (χ3v) is 7.00. The molecule has 1 aliphatic rings. The minimum atomic E-state index is -0.615. The van der Waals surface area contributed by atoms with Gasteiger partial charge < -0.3 is 14.8 Å². The first kappa shape index (κ1) is 25.6. The van der Waals surface area contributed by atoms with E-state index in [1.54, 1.807) is 43.4 Å². The van der Waals surface area contributed by atoms with Gasteiger partial charge in [-0.3, -0.25) is 14.5 Å². The fraction of sp³-hybridized carbons (Fsp3) is 0.222. The molecule has 4 rings (SSSR count). The average molecular weight is 524 g/mol. The first-order valence-electron chi connectivity index (χ1n) is 11.3. The van der Waals surface area contributed by atoms with Crippen LogP contribution < -0.4 is 14.8 Å². The number of benzene rings is 3. The Morgan fingerprint density at radius 1 is 1.06 bits per heavy atom. The van der Waals surface area contributed by atoms with Crippen LogP contribution in [0.25, 0.3) is 0 Å². The van der Waals surface area contributed by atoms with Crippen molar-refractivity contribution in [2.45, 2.75) is 18.1 Å². The predicted molar refractivity (Wildman–Crippen MR) is 145 cm³/mol. The number of para-hydroxylation sites is 1. The number of nitrogens with zero attached hydrogens (tertiary/aromatic N) is 2. The molecule has 0 bridgehead atoms. The molecule has 0 aromatic heterocycles. The van der Waals surface area contributed by atoms with E-state index in [1.807, 2.05) is 48.5 Å². The Morgan fingerprint density at radius 3 is 2.56 bits per heavy atom. The quantitative estimate of drug-likeness (QED) is 0.418. The van der Waals surface area contributed by atoms with Crippen molar-refractivity contribution in [2.24, 2.45) is 4.99 Å². The van der Waals surface area contributed by atoms with E-state index in [1.165, 1.54) is 11.8 Å². The number of carbonyl (C=O) groups is 2. The number of hydrogen-bond acceptors (Lipinski definition) is 6. The van der Waals surface area contributed by atoms with Crippen molar-refractivity contribution in [3.8, 4) is 11.5 Å². The summed E-state index contributed by atoms with van der Waals surface area (Å²) in [4.78, 5) is 32.6. The Balaban J connectivity index is 1.54. The van der Waals surface area contributed by atoms with E-state index in [2.05, 4.69) is 5.32 Å². The molecule has 1 atom stereocenters. The van der Waals surface area contributed by atoms with Crippen molar-refractivity contribution in [3.63, 3.8) is 0 Å². The van der Waals surface area contributed by atoms with Crippen molar-refractivity contribution < 1.29 is 19.1 Å². The van der Waals surface area contributed by atoms with Crippen LogP contribution >= 0.6 is 23.4 Å². The maximum Gasteiger partial charge on any atom is 0.238 e. The van der Waals surface area contributed by atoms with Crippen molar-refractivity contribution >= 4 is 51.7 Å². The molecule has 1 aliphatic heterocycles. The molecule has 0 radical (unpaired) electrons. The molecule has 0 aliphatic carbocycles. The standard InChI is InChI=1S/C27H26ClN3O4S/c1-34-22-12-11-18(15-23(22)35-2)13-14-31-25(32)17-24(26(33)29-21-10-6-7-19(28)16-21)36-27(31)30-20-8-4-3-5-9-20/h3-12,15-16,24H,13-14,17H2,1-2H3,(H,29,33)/t24-/m1/s1. The largest absolute Gasteiger partial charge is 0.493 e.